The first-order chi connectivity index (χ1) is 15.4. The van der Waals surface area contributed by atoms with Gasteiger partial charge >= 0.3 is 0 Å². The topological polar surface area (TPSA) is 82.4 Å². The lowest BCUT2D eigenvalue weighted by Crippen LogP contribution is -2.32. The fourth-order valence-corrected chi connectivity index (χ4v) is 3.66. The monoisotopic (exact) mass is 443 g/mol. The normalized spacial score (nSPS) is 13.4. The van der Waals surface area contributed by atoms with Gasteiger partial charge < -0.3 is 10.1 Å². The highest BCUT2D eigenvalue weighted by Crippen LogP contribution is 2.37. The number of benzene rings is 3. The molecular weight excluding hydrogens is 426 g/mol. The summed E-state index contributed by atoms with van der Waals surface area (Å²) in [7, 11) is 1.51. The van der Waals surface area contributed by atoms with Gasteiger partial charge in [0.2, 0.25) is 0 Å². The van der Waals surface area contributed by atoms with Crippen molar-refractivity contribution in [2.45, 2.75) is 6.92 Å². The van der Waals surface area contributed by atoms with Crippen molar-refractivity contribution in [3.63, 3.8) is 0 Å². The third kappa shape index (κ3) is 3.70. The van der Waals surface area contributed by atoms with Gasteiger partial charge in [-0.15, -0.1) is 0 Å². The van der Waals surface area contributed by atoms with Crippen LogP contribution in [0.2, 0.25) is 5.02 Å². The van der Waals surface area contributed by atoms with Crippen molar-refractivity contribution in [1.29, 1.82) is 5.26 Å². The van der Waals surface area contributed by atoms with E-state index in [0.717, 1.165) is 10.5 Å². The van der Waals surface area contributed by atoms with E-state index in [1.807, 2.05) is 19.1 Å². The van der Waals surface area contributed by atoms with E-state index < -0.39 is 11.8 Å². The first kappa shape index (κ1) is 21.2. The summed E-state index contributed by atoms with van der Waals surface area (Å²) in [6.07, 6.45) is 0. The number of nitrogens with zero attached hydrogens (tertiary/aromatic N) is 2. The molecule has 0 aliphatic carbocycles. The quantitative estimate of drug-likeness (QED) is 0.565. The fraction of sp³-hybridized carbons (Fsp3) is 0.0800. The maximum absolute atomic E-state index is 13.5. The SMILES string of the molecule is COc1ccccc1C1=C(Nc2ccc(C)c(Cl)c2)C(=O)N(c2ccc(C#N)cc2)C1=O. The van der Waals surface area contributed by atoms with Crippen molar-refractivity contribution in [1.82, 2.24) is 0 Å². The van der Waals surface area contributed by atoms with Crippen LogP contribution >= 0.6 is 11.6 Å². The first-order valence-electron chi connectivity index (χ1n) is 9.74. The summed E-state index contributed by atoms with van der Waals surface area (Å²) in [4.78, 5) is 28.1. The molecule has 0 aromatic heterocycles. The van der Waals surface area contributed by atoms with Gasteiger partial charge in [-0.3, -0.25) is 9.59 Å². The van der Waals surface area contributed by atoms with Crippen molar-refractivity contribution < 1.29 is 14.3 Å². The molecule has 4 rings (SSSR count). The summed E-state index contributed by atoms with van der Waals surface area (Å²) in [6, 6.07) is 20.6. The Balaban J connectivity index is 1.85. The third-order valence-corrected chi connectivity index (χ3v) is 5.56. The van der Waals surface area contributed by atoms with Crippen LogP contribution in [0.5, 0.6) is 5.75 Å². The van der Waals surface area contributed by atoms with Crippen molar-refractivity contribution in [2.75, 3.05) is 17.3 Å². The molecule has 0 radical (unpaired) electrons. The van der Waals surface area contributed by atoms with Crippen LogP contribution in [0.1, 0.15) is 16.7 Å². The van der Waals surface area contributed by atoms with Crippen molar-refractivity contribution >= 4 is 40.4 Å². The number of ether oxygens (including phenoxy) is 1. The number of carbonyl (C=O) groups is 2. The van der Waals surface area contributed by atoms with Gasteiger partial charge in [0.05, 0.1) is 30.0 Å². The molecular formula is C25H18ClN3O3. The zero-order valence-electron chi connectivity index (χ0n) is 17.3. The van der Waals surface area contributed by atoms with Gasteiger partial charge in [0.15, 0.2) is 0 Å². The van der Waals surface area contributed by atoms with Crippen LogP contribution in [-0.4, -0.2) is 18.9 Å². The number of para-hydroxylation sites is 1. The van der Waals surface area contributed by atoms with Crippen LogP contribution in [0.25, 0.3) is 5.57 Å². The molecule has 0 unspecified atom stereocenters. The Hall–Kier alpha value is -4.08. The molecule has 6 nitrogen and oxygen atoms in total. The molecule has 0 bridgehead atoms. The number of aryl methyl sites for hydroxylation is 1. The molecule has 7 heteroatoms. The number of anilines is 2. The minimum absolute atomic E-state index is 0.115. The van der Waals surface area contributed by atoms with Gasteiger partial charge in [0.25, 0.3) is 11.8 Å². The molecule has 2 amide bonds. The maximum Gasteiger partial charge on any atom is 0.282 e. The van der Waals surface area contributed by atoms with E-state index in [1.54, 1.807) is 60.7 Å². The number of halogens is 1. The lowest BCUT2D eigenvalue weighted by Gasteiger charge is -2.15. The molecule has 1 N–H and O–H groups in total. The summed E-state index contributed by atoms with van der Waals surface area (Å²) < 4.78 is 5.44. The summed E-state index contributed by atoms with van der Waals surface area (Å²) in [6.45, 7) is 1.88. The molecule has 3 aromatic rings. The molecule has 158 valence electrons. The molecule has 32 heavy (non-hydrogen) atoms. The number of imide groups is 1. The molecule has 1 aliphatic heterocycles. The second-order valence-corrected chi connectivity index (χ2v) is 7.55. The van der Waals surface area contributed by atoms with E-state index in [-0.39, 0.29) is 11.3 Å². The van der Waals surface area contributed by atoms with Gasteiger partial charge in [-0.05, 0) is 55.0 Å². The van der Waals surface area contributed by atoms with Crippen molar-refractivity contribution in [3.8, 4) is 11.8 Å². The molecule has 0 fully saturated rings. The Morgan fingerprint density at radius 1 is 1.00 bits per heavy atom. The largest absolute Gasteiger partial charge is 0.496 e. The van der Waals surface area contributed by atoms with Gasteiger partial charge in [-0.1, -0.05) is 35.9 Å². The average Bonchev–Trinajstić information content (AvgIpc) is 3.05. The molecule has 0 saturated heterocycles. The highest BCUT2D eigenvalue weighted by molar-refractivity contribution is 6.46. The number of nitrogens with one attached hydrogen (secondary N) is 1. The van der Waals surface area contributed by atoms with Crippen LogP contribution in [0.3, 0.4) is 0 Å². The minimum Gasteiger partial charge on any atom is -0.496 e. The molecule has 0 atom stereocenters. The Morgan fingerprint density at radius 2 is 1.72 bits per heavy atom. The zero-order valence-corrected chi connectivity index (χ0v) is 18.1. The average molecular weight is 444 g/mol. The van der Waals surface area contributed by atoms with E-state index in [9.17, 15) is 9.59 Å². The summed E-state index contributed by atoms with van der Waals surface area (Å²) in [5, 5.41) is 12.7. The maximum atomic E-state index is 13.5. The van der Waals surface area contributed by atoms with Gasteiger partial charge in [-0.2, -0.15) is 5.26 Å². The number of carbonyl (C=O) groups excluding carboxylic acids is 2. The number of methoxy groups -OCH3 is 1. The lowest BCUT2D eigenvalue weighted by molar-refractivity contribution is -0.120. The first-order valence-corrected chi connectivity index (χ1v) is 10.1. The van der Waals surface area contributed by atoms with Gasteiger partial charge in [-0.25, -0.2) is 4.90 Å². The second kappa shape index (κ2) is 8.58. The predicted octanol–water partition coefficient (Wildman–Crippen LogP) is 4.93. The molecule has 3 aromatic carbocycles. The van der Waals surface area contributed by atoms with E-state index >= 15 is 0 Å². The minimum atomic E-state index is -0.516. The number of hydrogen-bond donors (Lipinski definition) is 1. The molecule has 0 saturated carbocycles. The van der Waals surface area contributed by atoms with Crippen LogP contribution in [0.4, 0.5) is 11.4 Å². The fourth-order valence-electron chi connectivity index (χ4n) is 3.48. The predicted molar refractivity (Wildman–Crippen MR) is 123 cm³/mol. The van der Waals surface area contributed by atoms with Crippen LogP contribution < -0.4 is 15.0 Å². The van der Waals surface area contributed by atoms with Gasteiger partial charge in [0, 0.05) is 16.3 Å². The number of amides is 2. The van der Waals surface area contributed by atoms with Crippen LogP contribution in [-0.2, 0) is 9.59 Å². The Labute approximate surface area is 190 Å². The Kier molecular flexibility index (Phi) is 5.67. The number of rotatable bonds is 5. The van der Waals surface area contributed by atoms with E-state index in [0.29, 0.717) is 33.3 Å². The van der Waals surface area contributed by atoms with E-state index in [1.165, 1.54) is 7.11 Å². The molecule has 0 spiro atoms. The molecule has 1 aliphatic rings. The van der Waals surface area contributed by atoms with Crippen molar-refractivity contribution in [2.24, 2.45) is 0 Å². The summed E-state index contributed by atoms with van der Waals surface area (Å²) >= 11 is 6.25. The standard InChI is InChI=1S/C25H18ClN3O3/c1-15-7-10-17(13-20(15)26)28-23-22(19-5-3-4-6-21(19)32-2)24(30)29(25(23)31)18-11-8-16(14-27)9-12-18/h3-13,28H,1-2H3. The van der Waals surface area contributed by atoms with E-state index in [4.69, 9.17) is 21.6 Å². The Bertz CT molecular complexity index is 1310. The third-order valence-electron chi connectivity index (χ3n) is 5.16. The number of nitriles is 1. The van der Waals surface area contributed by atoms with Crippen molar-refractivity contribution in [3.05, 3.63) is 94.1 Å². The smallest absolute Gasteiger partial charge is 0.282 e. The zero-order chi connectivity index (χ0) is 22.8. The second-order valence-electron chi connectivity index (χ2n) is 7.14. The van der Waals surface area contributed by atoms with E-state index in [2.05, 4.69) is 5.32 Å². The summed E-state index contributed by atoms with van der Waals surface area (Å²) in [5.74, 6) is -0.547. The number of hydrogen-bond acceptors (Lipinski definition) is 5. The highest BCUT2D eigenvalue weighted by atomic mass is 35.5. The highest BCUT2D eigenvalue weighted by Gasteiger charge is 2.41. The lowest BCUT2D eigenvalue weighted by atomic mass is 10.0. The van der Waals surface area contributed by atoms with Crippen LogP contribution in [0.15, 0.2) is 72.4 Å². The van der Waals surface area contributed by atoms with Gasteiger partial charge in [0.1, 0.15) is 11.4 Å². The summed E-state index contributed by atoms with van der Waals surface area (Å²) in [5.41, 5.74) is 3.06. The Morgan fingerprint density at radius 3 is 2.38 bits per heavy atom. The molecule has 1 heterocycles. The van der Waals surface area contributed by atoms with Crippen LogP contribution in [0, 0.1) is 18.3 Å².